The molecule has 2 aromatic heterocycles. The van der Waals surface area contributed by atoms with Gasteiger partial charge in [-0.1, -0.05) is 13.3 Å². The van der Waals surface area contributed by atoms with Crippen molar-refractivity contribution >= 4 is 40.5 Å². The summed E-state index contributed by atoms with van der Waals surface area (Å²) in [4.78, 5) is 53.4. The number of rotatable bonds is 75. The Balaban J connectivity index is 0.727. The van der Waals surface area contributed by atoms with Crippen molar-refractivity contribution in [1.29, 1.82) is 0 Å². The number of ether oxygens (including phenoxy) is 21. The number of nitrogens with one attached hydrogen (secondary N) is 2. The molecule has 3 heterocycles. The van der Waals surface area contributed by atoms with Crippen molar-refractivity contribution < 1.29 is 119 Å². The molecule has 1 saturated carbocycles. The molecule has 0 saturated heterocycles. The molecule has 4 N–H and O–H groups in total. The number of nitrogens with two attached hydrogens (primary N) is 1. The Morgan fingerprint density at radius 1 is 0.447 bits per heavy atom. The molecule has 33 nitrogen and oxygen atoms in total. The molecule has 2 aliphatic rings. The Bertz CT molecular complexity index is 2410. The molecule has 103 heavy (non-hydrogen) atoms. The van der Waals surface area contributed by atoms with Crippen LogP contribution in [0.25, 0.3) is 11.0 Å². The molecule has 33 heteroatoms. The van der Waals surface area contributed by atoms with Crippen LogP contribution in [0.2, 0.25) is 0 Å². The molecule has 2 aromatic rings. The number of anilines is 1. The zero-order chi connectivity index (χ0) is 73.4. The Labute approximate surface area is 608 Å². The van der Waals surface area contributed by atoms with E-state index in [2.05, 4.69) is 32.3 Å². The number of hydrogen-bond donors (Lipinski definition) is 3. The molecule has 594 valence electrons. The maximum absolute atomic E-state index is 12.6. The van der Waals surface area contributed by atoms with E-state index in [0.717, 1.165) is 67.7 Å². The van der Waals surface area contributed by atoms with E-state index >= 15 is 0 Å². The third-order valence-electron chi connectivity index (χ3n) is 15.4. The van der Waals surface area contributed by atoms with Gasteiger partial charge in [0.2, 0.25) is 11.8 Å². The Kier molecular flexibility index (Phi) is 56.6. The van der Waals surface area contributed by atoms with Crippen LogP contribution in [0.1, 0.15) is 78.0 Å². The van der Waals surface area contributed by atoms with Crippen LogP contribution in [-0.4, -0.2) is 338 Å². The summed E-state index contributed by atoms with van der Waals surface area (Å²) in [5.74, 6) is 1.70. The van der Waals surface area contributed by atoms with Crippen molar-refractivity contribution in [3.05, 3.63) is 18.0 Å². The van der Waals surface area contributed by atoms with Crippen LogP contribution >= 0.6 is 0 Å². The van der Waals surface area contributed by atoms with Crippen molar-refractivity contribution in [1.82, 2.24) is 35.3 Å². The zero-order valence-corrected chi connectivity index (χ0v) is 61.9. The van der Waals surface area contributed by atoms with E-state index in [1.165, 1.54) is 12.2 Å². The number of imidazole rings is 1. The Hall–Kier alpha value is -4.83. The van der Waals surface area contributed by atoms with Crippen molar-refractivity contribution in [2.45, 2.75) is 91.2 Å². The summed E-state index contributed by atoms with van der Waals surface area (Å²) in [7, 11) is 0. The number of aromatic nitrogens is 4. The Morgan fingerprint density at radius 2 is 0.767 bits per heavy atom. The number of carbonyl (C=O) groups is 4. The van der Waals surface area contributed by atoms with Crippen LogP contribution in [0.5, 0.6) is 5.88 Å². The van der Waals surface area contributed by atoms with Crippen LogP contribution in [0.3, 0.4) is 0 Å². The number of amides is 4. The van der Waals surface area contributed by atoms with Gasteiger partial charge in [-0.2, -0.15) is 0 Å². The predicted octanol–water partition coefficient (Wildman–Crippen LogP) is 2.61. The van der Waals surface area contributed by atoms with Gasteiger partial charge in [0.15, 0.2) is 5.82 Å². The van der Waals surface area contributed by atoms with Crippen LogP contribution in [0.15, 0.2) is 12.2 Å². The topological polar surface area (TPSA) is 359 Å². The standard InChI is InChI=1S/C70H124N8O25/c1-4-5-6-62-74-67-68(70(103-59(2)3)76-75-69(67)71)78(62)58-61-9-7-60(8-10-61)57-73-64(80)14-17-83-19-21-85-23-25-87-27-29-89-31-33-91-35-37-93-39-41-95-43-45-97-47-49-99-51-53-101-55-56-102-54-52-100-50-48-98-46-44-96-42-40-94-38-36-92-34-32-90-30-28-88-26-24-86-22-20-84-18-15-72-63(79)13-16-77-65(81)11-12-66(77)82/h11-12,59-61H,4-10,13-58H2,1-3H3,(H2,71,75)(H,72,79)(H,73,80)/t60-,61-. The lowest BCUT2D eigenvalue weighted by molar-refractivity contribution is -0.137. The highest BCUT2D eigenvalue weighted by Gasteiger charge is 2.27. The molecule has 0 radical (unpaired) electrons. The zero-order valence-electron chi connectivity index (χ0n) is 61.9. The first-order valence-corrected chi connectivity index (χ1v) is 37.0. The maximum Gasteiger partial charge on any atom is 0.260 e. The fourth-order valence-electron chi connectivity index (χ4n) is 10.00. The van der Waals surface area contributed by atoms with E-state index in [0.29, 0.717) is 313 Å². The van der Waals surface area contributed by atoms with Crippen LogP contribution in [0, 0.1) is 11.8 Å². The molecule has 1 aliphatic heterocycles. The monoisotopic (exact) mass is 1480 g/mol. The molecule has 0 atom stereocenters. The molecular weight excluding hydrogens is 1350 g/mol. The van der Waals surface area contributed by atoms with Gasteiger partial charge in [0.05, 0.1) is 270 Å². The second-order valence-corrected chi connectivity index (χ2v) is 23.9. The third kappa shape index (κ3) is 48.2. The average Bonchev–Trinajstić information content (AvgIpc) is 1.63. The lowest BCUT2D eigenvalue weighted by Gasteiger charge is -2.29. The average molecular weight is 1480 g/mol. The van der Waals surface area contributed by atoms with Crippen LogP contribution in [0.4, 0.5) is 5.82 Å². The van der Waals surface area contributed by atoms with E-state index in [9.17, 15) is 19.2 Å². The van der Waals surface area contributed by atoms with Gasteiger partial charge in [-0.3, -0.25) is 24.1 Å². The number of aryl methyl sites for hydroxylation is 1. The number of fused-ring (bicyclic) bond motifs is 1. The van der Waals surface area contributed by atoms with Crippen LogP contribution < -0.4 is 21.1 Å². The van der Waals surface area contributed by atoms with Crippen molar-refractivity contribution in [2.24, 2.45) is 11.8 Å². The highest BCUT2D eigenvalue weighted by Crippen LogP contribution is 2.34. The molecule has 0 aromatic carbocycles. The van der Waals surface area contributed by atoms with E-state index in [4.69, 9.17) is 110 Å². The van der Waals surface area contributed by atoms with E-state index < -0.39 is 11.8 Å². The fourth-order valence-corrected chi connectivity index (χ4v) is 10.00. The summed E-state index contributed by atoms with van der Waals surface area (Å²) in [6.07, 6.45) is 9.93. The molecule has 1 aliphatic carbocycles. The lowest BCUT2D eigenvalue weighted by atomic mass is 9.82. The summed E-state index contributed by atoms with van der Waals surface area (Å²) in [6.45, 7) is 26.0. The third-order valence-corrected chi connectivity index (χ3v) is 15.4. The van der Waals surface area contributed by atoms with Gasteiger partial charge in [-0.05, 0) is 57.8 Å². The van der Waals surface area contributed by atoms with E-state index in [1.807, 2.05) is 13.8 Å². The largest absolute Gasteiger partial charge is 0.472 e. The number of unbranched alkanes of at least 4 members (excludes halogenated alkanes) is 1. The Morgan fingerprint density at radius 3 is 1.11 bits per heavy atom. The van der Waals surface area contributed by atoms with Gasteiger partial charge >= 0.3 is 0 Å². The quantitative estimate of drug-likeness (QED) is 0.0633. The summed E-state index contributed by atoms with van der Waals surface area (Å²) in [5.41, 5.74) is 7.75. The minimum atomic E-state index is -0.403. The molecule has 1 fully saturated rings. The first-order valence-electron chi connectivity index (χ1n) is 37.0. The van der Waals surface area contributed by atoms with Gasteiger partial charge < -0.3 is 120 Å². The molecule has 0 bridgehead atoms. The first kappa shape index (κ1) is 90.6. The second-order valence-electron chi connectivity index (χ2n) is 23.9. The van der Waals surface area contributed by atoms with Crippen molar-refractivity contribution in [2.75, 3.05) is 290 Å². The van der Waals surface area contributed by atoms with Crippen LogP contribution in [-0.2, 0) is 127 Å². The summed E-state index contributed by atoms with van der Waals surface area (Å²) in [6, 6.07) is 0. The normalized spacial score (nSPS) is 14.7. The fraction of sp³-hybridized carbons (Fsp3) is 0.843. The van der Waals surface area contributed by atoms with Crippen molar-refractivity contribution in [3.63, 3.8) is 0 Å². The molecule has 4 amide bonds. The smallest absolute Gasteiger partial charge is 0.260 e. The highest BCUT2D eigenvalue weighted by atomic mass is 16.6. The lowest BCUT2D eigenvalue weighted by Crippen LogP contribution is -2.35. The molecule has 4 rings (SSSR count). The summed E-state index contributed by atoms with van der Waals surface area (Å²) >= 11 is 0. The molecule has 0 unspecified atom stereocenters. The van der Waals surface area contributed by atoms with Gasteiger partial charge in [-0.25, -0.2) is 4.98 Å². The SMILES string of the molecule is CCCCc1nc2c(N)nnc(OC(C)C)c2n1C[C@H]1CC[C@H](CNC(=O)CCOCCOCCOCCOCCOCCOCCOCCOCCOCCOCCOCCOCCOCCOCCOCCOCCOCCOCCOCCOCCNC(=O)CCN2C(=O)C=CC2=O)CC1. The summed E-state index contributed by atoms with van der Waals surface area (Å²) in [5, 5.41) is 14.2. The number of nitrogens with zero attached hydrogens (tertiary/aromatic N) is 5. The summed E-state index contributed by atoms with van der Waals surface area (Å²) < 4.78 is 119. The number of imide groups is 1. The van der Waals surface area contributed by atoms with E-state index in [-0.39, 0.29) is 30.9 Å². The number of carbonyl (C=O) groups excluding carboxylic acids is 4. The molecular formula is C70H124N8O25. The minimum absolute atomic E-state index is 0.00625. The minimum Gasteiger partial charge on any atom is -0.472 e. The highest BCUT2D eigenvalue weighted by molar-refractivity contribution is 6.13. The number of nitrogen functional groups attached to an aromatic ring is 1. The van der Waals surface area contributed by atoms with E-state index in [1.54, 1.807) is 0 Å². The van der Waals surface area contributed by atoms with Gasteiger partial charge in [-0.15, -0.1) is 10.2 Å². The van der Waals surface area contributed by atoms with Gasteiger partial charge in [0.25, 0.3) is 17.7 Å². The molecule has 0 spiro atoms. The van der Waals surface area contributed by atoms with Gasteiger partial charge in [0, 0.05) is 57.6 Å². The second kappa shape index (κ2) is 64.4. The first-order chi connectivity index (χ1) is 50.7. The maximum atomic E-state index is 12.6. The number of hydrogen-bond acceptors (Lipinski definition) is 29. The van der Waals surface area contributed by atoms with Gasteiger partial charge in [0.1, 0.15) is 16.9 Å². The predicted molar refractivity (Wildman–Crippen MR) is 377 cm³/mol. The van der Waals surface area contributed by atoms with Crippen molar-refractivity contribution in [3.8, 4) is 5.88 Å².